The number of ether oxygens (including phenoxy) is 1. The highest BCUT2D eigenvalue weighted by molar-refractivity contribution is 7.89. The molecule has 0 saturated carbocycles. The Morgan fingerprint density at radius 1 is 0.939 bits per heavy atom. The zero-order chi connectivity index (χ0) is 24.0. The van der Waals surface area contributed by atoms with Crippen molar-refractivity contribution in [3.63, 3.8) is 0 Å². The van der Waals surface area contributed by atoms with Crippen molar-refractivity contribution in [2.24, 2.45) is 0 Å². The van der Waals surface area contributed by atoms with E-state index in [0.29, 0.717) is 11.6 Å². The molecule has 6 nitrogen and oxygen atoms in total. The molecule has 0 bridgehead atoms. The van der Waals surface area contributed by atoms with Crippen LogP contribution in [0.15, 0.2) is 77.7 Å². The molecule has 1 unspecified atom stereocenters. The molecule has 0 aliphatic rings. The third-order valence-corrected chi connectivity index (χ3v) is 6.90. The SMILES string of the molecule is CC(C)c1ccc(NC(=O)COc2ccc(S(=O)(=O)NC(C)c3ccccc3)cc2Cl)cc1. The number of benzene rings is 3. The second kappa shape index (κ2) is 10.8. The second-order valence-electron chi connectivity index (χ2n) is 7.96. The Bertz CT molecular complexity index is 1200. The largest absolute Gasteiger partial charge is 0.482 e. The highest BCUT2D eigenvalue weighted by atomic mass is 35.5. The fourth-order valence-electron chi connectivity index (χ4n) is 3.17. The van der Waals surface area contributed by atoms with Crippen molar-refractivity contribution in [3.8, 4) is 5.75 Å². The maximum absolute atomic E-state index is 12.7. The van der Waals surface area contributed by atoms with Crippen LogP contribution in [0.4, 0.5) is 5.69 Å². The number of nitrogens with one attached hydrogen (secondary N) is 2. The van der Waals surface area contributed by atoms with Crippen LogP contribution >= 0.6 is 11.6 Å². The van der Waals surface area contributed by atoms with Crippen LogP contribution in [0.3, 0.4) is 0 Å². The molecule has 0 aliphatic heterocycles. The Morgan fingerprint density at radius 2 is 1.61 bits per heavy atom. The number of carbonyl (C=O) groups excluding carboxylic acids is 1. The van der Waals surface area contributed by atoms with Crippen LogP contribution in [-0.4, -0.2) is 20.9 Å². The van der Waals surface area contributed by atoms with Crippen LogP contribution < -0.4 is 14.8 Å². The summed E-state index contributed by atoms with van der Waals surface area (Å²) < 4.78 is 33.6. The van der Waals surface area contributed by atoms with Gasteiger partial charge in [-0.25, -0.2) is 13.1 Å². The summed E-state index contributed by atoms with van der Waals surface area (Å²) in [5, 5.41) is 2.85. The Labute approximate surface area is 200 Å². The first-order valence-corrected chi connectivity index (χ1v) is 12.4. The van der Waals surface area contributed by atoms with E-state index in [-0.39, 0.29) is 28.2 Å². The lowest BCUT2D eigenvalue weighted by atomic mass is 10.0. The topological polar surface area (TPSA) is 84.5 Å². The number of carbonyl (C=O) groups is 1. The fourth-order valence-corrected chi connectivity index (χ4v) is 4.73. The molecule has 1 atom stereocenters. The minimum Gasteiger partial charge on any atom is -0.482 e. The van der Waals surface area contributed by atoms with E-state index in [1.165, 1.54) is 23.8 Å². The van der Waals surface area contributed by atoms with E-state index in [0.717, 1.165) is 5.56 Å². The molecule has 0 saturated heterocycles. The van der Waals surface area contributed by atoms with E-state index in [1.54, 1.807) is 6.92 Å². The lowest BCUT2D eigenvalue weighted by Gasteiger charge is -2.15. The normalized spacial score (nSPS) is 12.4. The number of anilines is 1. The van der Waals surface area contributed by atoms with Gasteiger partial charge in [0.1, 0.15) is 5.75 Å². The molecule has 2 N–H and O–H groups in total. The van der Waals surface area contributed by atoms with Gasteiger partial charge in [0.25, 0.3) is 5.91 Å². The maximum atomic E-state index is 12.7. The van der Waals surface area contributed by atoms with Crippen molar-refractivity contribution in [1.82, 2.24) is 4.72 Å². The summed E-state index contributed by atoms with van der Waals surface area (Å²) in [6.45, 7) is 5.70. The van der Waals surface area contributed by atoms with E-state index in [1.807, 2.05) is 54.6 Å². The van der Waals surface area contributed by atoms with Crippen molar-refractivity contribution >= 4 is 33.2 Å². The zero-order valence-electron chi connectivity index (χ0n) is 18.7. The molecule has 0 radical (unpaired) electrons. The molecule has 3 aromatic rings. The van der Waals surface area contributed by atoms with Gasteiger partial charge in [0, 0.05) is 11.7 Å². The Hall–Kier alpha value is -2.87. The first kappa shape index (κ1) is 24.8. The molecule has 8 heteroatoms. The van der Waals surface area contributed by atoms with Gasteiger partial charge in [0.15, 0.2) is 6.61 Å². The van der Waals surface area contributed by atoms with Crippen LogP contribution in [0.1, 0.15) is 43.9 Å². The van der Waals surface area contributed by atoms with Crippen LogP contribution in [-0.2, 0) is 14.8 Å². The van der Waals surface area contributed by atoms with E-state index in [2.05, 4.69) is 23.9 Å². The van der Waals surface area contributed by atoms with Crippen molar-refractivity contribution in [2.75, 3.05) is 11.9 Å². The first-order valence-electron chi connectivity index (χ1n) is 10.5. The summed E-state index contributed by atoms with van der Waals surface area (Å²) in [7, 11) is -3.80. The molecule has 0 fully saturated rings. The summed E-state index contributed by atoms with van der Waals surface area (Å²) in [4.78, 5) is 12.2. The third kappa shape index (κ3) is 6.81. The predicted molar refractivity (Wildman–Crippen MR) is 131 cm³/mol. The van der Waals surface area contributed by atoms with Crippen LogP contribution in [0.25, 0.3) is 0 Å². The standard InChI is InChI=1S/C25H27ClN2O4S/c1-17(2)19-9-11-21(12-10-19)27-25(29)16-32-24-14-13-22(15-23(24)26)33(30,31)28-18(3)20-7-5-4-6-8-20/h4-15,17-18,28H,16H2,1-3H3,(H,27,29). The van der Waals surface area contributed by atoms with Crippen molar-refractivity contribution in [3.05, 3.63) is 88.9 Å². The molecule has 1 amide bonds. The van der Waals surface area contributed by atoms with Crippen molar-refractivity contribution in [1.29, 1.82) is 0 Å². The molecule has 33 heavy (non-hydrogen) atoms. The van der Waals surface area contributed by atoms with Gasteiger partial charge in [0.2, 0.25) is 10.0 Å². The quantitative estimate of drug-likeness (QED) is 0.417. The summed E-state index contributed by atoms with van der Waals surface area (Å²) in [6, 6.07) is 20.6. The van der Waals surface area contributed by atoms with Gasteiger partial charge in [-0.1, -0.05) is 67.9 Å². The fraction of sp³-hybridized carbons (Fsp3) is 0.240. The number of halogens is 1. The molecule has 174 valence electrons. The number of rotatable bonds is 9. The van der Waals surface area contributed by atoms with E-state index < -0.39 is 16.1 Å². The summed E-state index contributed by atoms with van der Waals surface area (Å²) in [5.41, 5.74) is 2.69. The summed E-state index contributed by atoms with van der Waals surface area (Å²) in [6.07, 6.45) is 0. The number of sulfonamides is 1. The number of amides is 1. The molecule has 3 rings (SSSR count). The highest BCUT2D eigenvalue weighted by Crippen LogP contribution is 2.28. The molecule has 0 spiro atoms. The van der Waals surface area contributed by atoms with E-state index in [4.69, 9.17) is 16.3 Å². The smallest absolute Gasteiger partial charge is 0.262 e. The average molecular weight is 487 g/mol. The van der Waals surface area contributed by atoms with Gasteiger partial charge in [-0.15, -0.1) is 0 Å². The molecule has 3 aromatic carbocycles. The Morgan fingerprint density at radius 3 is 2.21 bits per heavy atom. The van der Waals surface area contributed by atoms with Gasteiger partial charge >= 0.3 is 0 Å². The highest BCUT2D eigenvalue weighted by Gasteiger charge is 2.20. The van der Waals surface area contributed by atoms with Crippen molar-refractivity contribution < 1.29 is 17.9 Å². The van der Waals surface area contributed by atoms with Crippen molar-refractivity contribution in [2.45, 2.75) is 37.6 Å². The lowest BCUT2D eigenvalue weighted by Crippen LogP contribution is -2.27. The maximum Gasteiger partial charge on any atom is 0.262 e. The minimum atomic E-state index is -3.80. The van der Waals surface area contributed by atoms with Gasteiger partial charge in [0.05, 0.1) is 9.92 Å². The minimum absolute atomic E-state index is 0.0114. The summed E-state index contributed by atoms with van der Waals surface area (Å²) in [5.74, 6) is 0.277. The van der Waals surface area contributed by atoms with E-state index >= 15 is 0 Å². The predicted octanol–water partition coefficient (Wildman–Crippen LogP) is 5.52. The van der Waals surface area contributed by atoms with Crippen LogP contribution in [0.2, 0.25) is 5.02 Å². The Balaban J connectivity index is 1.60. The van der Waals surface area contributed by atoms with Gasteiger partial charge in [-0.3, -0.25) is 4.79 Å². The van der Waals surface area contributed by atoms with E-state index in [9.17, 15) is 13.2 Å². The monoisotopic (exact) mass is 486 g/mol. The van der Waals surface area contributed by atoms with Gasteiger partial charge in [-0.05, 0) is 54.3 Å². The molecule has 0 aliphatic carbocycles. The van der Waals surface area contributed by atoms with Gasteiger partial charge < -0.3 is 10.1 Å². The van der Waals surface area contributed by atoms with Crippen LogP contribution in [0.5, 0.6) is 5.75 Å². The first-order chi connectivity index (χ1) is 15.7. The third-order valence-electron chi connectivity index (χ3n) is 5.07. The lowest BCUT2D eigenvalue weighted by molar-refractivity contribution is -0.118. The Kier molecular flexibility index (Phi) is 8.13. The zero-order valence-corrected chi connectivity index (χ0v) is 20.3. The molecule has 0 aromatic heterocycles. The number of hydrogen-bond acceptors (Lipinski definition) is 4. The second-order valence-corrected chi connectivity index (χ2v) is 10.1. The molecular weight excluding hydrogens is 460 g/mol. The average Bonchev–Trinajstić information content (AvgIpc) is 2.79. The molecule has 0 heterocycles. The van der Waals surface area contributed by atoms with Gasteiger partial charge in [-0.2, -0.15) is 0 Å². The van der Waals surface area contributed by atoms with Crippen LogP contribution in [0, 0.1) is 0 Å². The summed E-state index contributed by atoms with van der Waals surface area (Å²) >= 11 is 6.23. The number of hydrogen-bond donors (Lipinski definition) is 2. The molecular formula is C25H27ClN2O4S.